The lowest BCUT2D eigenvalue weighted by Gasteiger charge is -2.54. The molecule has 1 aromatic carbocycles. The highest BCUT2D eigenvalue weighted by Crippen LogP contribution is 2.53. The lowest BCUT2D eigenvalue weighted by atomic mass is 9.57. The third kappa shape index (κ3) is 5.64. The van der Waals surface area contributed by atoms with Crippen LogP contribution in [0.15, 0.2) is 12.1 Å². The van der Waals surface area contributed by atoms with Gasteiger partial charge in [0, 0.05) is 45.2 Å². The molecule has 4 saturated heterocycles. The van der Waals surface area contributed by atoms with Crippen LogP contribution >= 0.6 is 0 Å². The number of likely N-dealkylation sites (tertiary alicyclic amines) is 1. The molecule has 1 spiro atoms. The third-order valence-corrected chi connectivity index (χ3v) is 13.8. The van der Waals surface area contributed by atoms with Gasteiger partial charge in [0.25, 0.3) is 11.8 Å². The zero-order valence-electron chi connectivity index (χ0n) is 26.1. The Morgan fingerprint density at radius 1 is 0.870 bits per heavy atom. The number of hydrogen-bond acceptors (Lipinski definition) is 9. The molecule has 5 fully saturated rings. The van der Waals surface area contributed by atoms with E-state index in [1.54, 1.807) is 4.31 Å². The number of nitrogens with one attached hydrogen (secondary N) is 1. The van der Waals surface area contributed by atoms with E-state index in [9.17, 15) is 27.6 Å². The number of anilines is 1. The van der Waals surface area contributed by atoms with Crippen LogP contribution in [0.2, 0.25) is 0 Å². The van der Waals surface area contributed by atoms with Crippen LogP contribution in [-0.4, -0.2) is 109 Å². The van der Waals surface area contributed by atoms with Gasteiger partial charge in [0.2, 0.25) is 21.8 Å². The van der Waals surface area contributed by atoms with Crippen molar-refractivity contribution in [1.29, 1.82) is 0 Å². The number of rotatable bonds is 6. The predicted octanol–water partition coefficient (Wildman–Crippen LogP) is 1.44. The molecule has 250 valence electrons. The van der Waals surface area contributed by atoms with Crippen molar-refractivity contribution in [2.45, 2.75) is 81.5 Å². The van der Waals surface area contributed by atoms with Gasteiger partial charge in [-0.2, -0.15) is 0 Å². The summed E-state index contributed by atoms with van der Waals surface area (Å²) in [6.45, 7) is 4.94. The molecule has 12 nitrogen and oxygen atoms in total. The average molecular weight is 659 g/mol. The highest BCUT2D eigenvalue weighted by molar-refractivity contribution is 7.89. The molecule has 1 atom stereocenters. The van der Waals surface area contributed by atoms with Crippen molar-refractivity contribution in [2.24, 2.45) is 17.1 Å². The van der Waals surface area contributed by atoms with E-state index in [0.717, 1.165) is 69.1 Å². The molecular formula is C32H43FN6O6S. The Kier molecular flexibility index (Phi) is 8.22. The Morgan fingerprint density at radius 2 is 1.50 bits per heavy atom. The van der Waals surface area contributed by atoms with Crippen LogP contribution in [0.25, 0.3) is 0 Å². The van der Waals surface area contributed by atoms with Crippen molar-refractivity contribution in [3.63, 3.8) is 0 Å². The van der Waals surface area contributed by atoms with E-state index in [2.05, 4.69) is 10.2 Å². The topological polar surface area (TPSA) is 153 Å². The summed E-state index contributed by atoms with van der Waals surface area (Å²) in [7, 11) is -3.27. The minimum absolute atomic E-state index is 0.0255. The van der Waals surface area contributed by atoms with Gasteiger partial charge < -0.3 is 15.5 Å². The molecule has 46 heavy (non-hydrogen) atoms. The predicted molar refractivity (Wildman–Crippen MR) is 167 cm³/mol. The van der Waals surface area contributed by atoms with Gasteiger partial charge in [-0.05, 0) is 94.3 Å². The van der Waals surface area contributed by atoms with Crippen molar-refractivity contribution in [3.8, 4) is 0 Å². The molecule has 0 radical (unpaired) electrons. The number of piperidine rings is 4. The molecule has 6 aliphatic rings. The van der Waals surface area contributed by atoms with E-state index in [4.69, 9.17) is 5.73 Å². The Bertz CT molecular complexity index is 1540. The summed E-state index contributed by atoms with van der Waals surface area (Å²) in [5.41, 5.74) is 6.52. The number of halogens is 1. The first-order chi connectivity index (χ1) is 21.9. The largest absolute Gasteiger partial charge is 0.369 e. The fraction of sp³-hybridized carbons (Fsp3) is 0.688. The van der Waals surface area contributed by atoms with Crippen molar-refractivity contribution in [1.82, 2.24) is 19.4 Å². The summed E-state index contributed by atoms with van der Waals surface area (Å²) in [6.07, 6.45) is 6.91. The minimum Gasteiger partial charge on any atom is -0.369 e. The zero-order valence-corrected chi connectivity index (χ0v) is 26.9. The minimum atomic E-state index is -3.27. The van der Waals surface area contributed by atoms with Crippen LogP contribution in [0.3, 0.4) is 0 Å². The van der Waals surface area contributed by atoms with E-state index in [-0.39, 0.29) is 40.7 Å². The van der Waals surface area contributed by atoms with Crippen LogP contribution in [0.5, 0.6) is 0 Å². The third-order valence-electron chi connectivity index (χ3n) is 11.4. The number of amides is 4. The monoisotopic (exact) mass is 658 g/mol. The number of benzene rings is 1. The summed E-state index contributed by atoms with van der Waals surface area (Å²) in [6, 6.07) is 1.57. The maximum Gasteiger partial charge on any atom is 0.262 e. The molecule has 3 N–H and O–H groups in total. The fourth-order valence-corrected chi connectivity index (χ4v) is 10.7. The Labute approximate surface area is 268 Å². The summed E-state index contributed by atoms with van der Waals surface area (Å²) in [5.74, 6) is -2.48. The number of fused-ring (bicyclic) bond motifs is 1. The van der Waals surface area contributed by atoms with Gasteiger partial charge in [0.15, 0.2) is 0 Å². The molecule has 0 bridgehead atoms. The zero-order chi connectivity index (χ0) is 32.4. The highest BCUT2D eigenvalue weighted by atomic mass is 32.2. The molecule has 5 aliphatic heterocycles. The van der Waals surface area contributed by atoms with Gasteiger partial charge in [-0.3, -0.25) is 29.4 Å². The molecule has 5 heterocycles. The van der Waals surface area contributed by atoms with E-state index in [1.165, 1.54) is 6.07 Å². The quantitative estimate of drug-likeness (QED) is 0.433. The van der Waals surface area contributed by atoms with Crippen LogP contribution in [0.4, 0.5) is 10.1 Å². The normalized spacial score (nSPS) is 27.3. The van der Waals surface area contributed by atoms with Crippen LogP contribution in [0, 0.1) is 17.2 Å². The van der Waals surface area contributed by atoms with E-state index < -0.39 is 45.5 Å². The van der Waals surface area contributed by atoms with Crippen LogP contribution in [0.1, 0.15) is 84.9 Å². The molecular weight excluding hydrogens is 615 g/mol. The Hall–Kier alpha value is -2.94. The summed E-state index contributed by atoms with van der Waals surface area (Å²) in [4.78, 5) is 55.4. The number of carbonyl (C=O) groups is 4. The maximum absolute atomic E-state index is 15.4. The van der Waals surface area contributed by atoms with E-state index in [1.807, 2.05) is 4.90 Å². The Balaban J connectivity index is 0.903. The van der Waals surface area contributed by atoms with Gasteiger partial charge >= 0.3 is 0 Å². The van der Waals surface area contributed by atoms with Gasteiger partial charge in [-0.1, -0.05) is 0 Å². The molecule has 1 unspecified atom stereocenters. The number of sulfonamides is 1. The smallest absolute Gasteiger partial charge is 0.262 e. The van der Waals surface area contributed by atoms with Crippen LogP contribution in [-0.2, 0) is 19.6 Å². The molecule has 4 amide bonds. The van der Waals surface area contributed by atoms with Crippen molar-refractivity contribution in [2.75, 3.05) is 50.7 Å². The van der Waals surface area contributed by atoms with E-state index >= 15 is 4.39 Å². The number of hydrogen-bond donors (Lipinski definition) is 2. The standard InChI is InChI=1S/C32H43FN6O6S/c33-25-15-23-24(31(43)39(30(23)42)26-1-2-28(40)35-29(26)41)16-27(25)37-13-7-32(8-14-37)17-20(18-32)19-36-9-5-22(6-10-36)46(44,45)38-11-3-21(34)4-12-38/h15-16,20-22,26H,1-14,17-19,34H2,(H,35,40,41). The molecule has 7 rings (SSSR count). The van der Waals surface area contributed by atoms with Gasteiger partial charge in [0.1, 0.15) is 11.9 Å². The molecule has 14 heteroatoms. The fourth-order valence-electron chi connectivity index (χ4n) is 8.74. The first-order valence-electron chi connectivity index (χ1n) is 16.7. The summed E-state index contributed by atoms with van der Waals surface area (Å²) >= 11 is 0. The first-order valence-corrected chi connectivity index (χ1v) is 18.2. The lowest BCUT2D eigenvalue weighted by Crippen LogP contribution is -2.54. The van der Waals surface area contributed by atoms with Crippen molar-refractivity contribution in [3.05, 3.63) is 29.1 Å². The number of nitrogens with two attached hydrogens (primary N) is 1. The van der Waals surface area contributed by atoms with Gasteiger partial charge in [-0.25, -0.2) is 17.1 Å². The number of nitrogens with zero attached hydrogens (tertiary/aromatic N) is 4. The Morgan fingerprint density at radius 3 is 2.13 bits per heavy atom. The SMILES string of the molecule is NC1CCN(S(=O)(=O)C2CCN(CC3CC4(CCN(c5cc6c(cc5F)C(=O)N(C5CCC(=O)NC5=O)C6=O)CC4)C3)CC2)CC1. The second kappa shape index (κ2) is 11.9. The summed E-state index contributed by atoms with van der Waals surface area (Å²) < 4.78 is 43.3. The lowest BCUT2D eigenvalue weighted by molar-refractivity contribution is -0.136. The molecule has 0 aromatic heterocycles. The maximum atomic E-state index is 15.4. The number of imide groups is 2. The van der Waals surface area contributed by atoms with Gasteiger partial charge in [0.05, 0.1) is 22.1 Å². The molecule has 1 saturated carbocycles. The average Bonchev–Trinajstić information content (AvgIpc) is 3.25. The van der Waals surface area contributed by atoms with E-state index in [0.29, 0.717) is 50.6 Å². The van der Waals surface area contributed by atoms with Crippen LogP contribution < -0.4 is 16.0 Å². The van der Waals surface area contributed by atoms with Crippen molar-refractivity contribution < 1.29 is 32.0 Å². The second-order valence-electron chi connectivity index (χ2n) is 14.3. The summed E-state index contributed by atoms with van der Waals surface area (Å²) in [5, 5.41) is 1.87. The van der Waals surface area contributed by atoms with Crippen molar-refractivity contribution >= 4 is 39.3 Å². The number of carbonyl (C=O) groups excluding carboxylic acids is 4. The first kappa shape index (κ1) is 31.6. The second-order valence-corrected chi connectivity index (χ2v) is 16.6. The molecule has 1 aromatic rings. The highest BCUT2D eigenvalue weighted by Gasteiger charge is 2.48. The van der Waals surface area contributed by atoms with Gasteiger partial charge in [-0.15, -0.1) is 0 Å². The molecule has 1 aliphatic carbocycles.